The van der Waals surface area contributed by atoms with Gasteiger partial charge in [0.1, 0.15) is 11.5 Å². The first kappa shape index (κ1) is 17.5. The molecule has 0 bridgehead atoms. The predicted molar refractivity (Wildman–Crippen MR) is 92.8 cm³/mol. The van der Waals surface area contributed by atoms with Gasteiger partial charge in [0.25, 0.3) is 17.5 Å². The molecule has 0 spiro atoms. The van der Waals surface area contributed by atoms with Gasteiger partial charge in [0.2, 0.25) is 0 Å². The zero-order chi connectivity index (χ0) is 18.7. The number of carbonyl (C=O) groups excluding carboxylic acids is 2. The SMILES string of the molecule is O=C(COc1ccc([N+](=O)[O-])cc1)Nc1cc2c(cc1Cl)NC(=O)CO2. The summed E-state index contributed by atoms with van der Waals surface area (Å²) in [5, 5.41) is 16.0. The average molecular weight is 378 g/mol. The Morgan fingerprint density at radius 2 is 2.08 bits per heavy atom. The van der Waals surface area contributed by atoms with Crippen LogP contribution in [0.25, 0.3) is 0 Å². The fourth-order valence-electron chi connectivity index (χ4n) is 2.20. The molecule has 1 aliphatic heterocycles. The number of nitrogens with zero attached hydrogens (tertiary/aromatic N) is 1. The molecule has 0 aliphatic carbocycles. The average Bonchev–Trinajstić information content (AvgIpc) is 2.61. The molecule has 1 aliphatic rings. The van der Waals surface area contributed by atoms with Crippen molar-refractivity contribution in [2.24, 2.45) is 0 Å². The lowest BCUT2D eigenvalue weighted by Gasteiger charge is -2.19. The van der Waals surface area contributed by atoms with E-state index in [9.17, 15) is 19.7 Å². The van der Waals surface area contributed by atoms with E-state index in [0.717, 1.165) is 0 Å². The van der Waals surface area contributed by atoms with Crippen molar-refractivity contribution in [2.75, 3.05) is 23.8 Å². The summed E-state index contributed by atoms with van der Waals surface area (Å²) in [4.78, 5) is 33.4. The summed E-state index contributed by atoms with van der Waals surface area (Å²) in [6.45, 7) is -0.436. The summed E-state index contributed by atoms with van der Waals surface area (Å²) in [6.07, 6.45) is 0. The van der Waals surface area contributed by atoms with Crippen LogP contribution in [0.1, 0.15) is 0 Å². The molecule has 0 radical (unpaired) electrons. The van der Waals surface area contributed by atoms with Gasteiger partial charge in [0.05, 0.1) is 21.3 Å². The molecule has 9 nitrogen and oxygen atoms in total. The quantitative estimate of drug-likeness (QED) is 0.610. The topological polar surface area (TPSA) is 120 Å². The first-order chi connectivity index (χ1) is 12.4. The number of fused-ring (bicyclic) bond motifs is 1. The Bertz CT molecular complexity index is 884. The molecule has 134 valence electrons. The van der Waals surface area contributed by atoms with E-state index in [4.69, 9.17) is 21.1 Å². The minimum absolute atomic E-state index is 0.0743. The molecule has 0 unspecified atom stereocenters. The van der Waals surface area contributed by atoms with E-state index in [0.29, 0.717) is 22.9 Å². The van der Waals surface area contributed by atoms with E-state index in [-0.39, 0.29) is 29.8 Å². The van der Waals surface area contributed by atoms with Crippen LogP contribution < -0.4 is 20.1 Å². The molecule has 0 saturated heterocycles. The standard InChI is InChI=1S/C16H12ClN3O6/c17-11-5-13-14(26-8-16(22)19-13)6-12(11)18-15(21)7-25-10-3-1-9(2-4-10)20(23)24/h1-6H,7-8H2,(H,18,21)(H,19,22). The maximum Gasteiger partial charge on any atom is 0.269 e. The predicted octanol–water partition coefficient (Wildman–Crippen LogP) is 2.60. The number of nitro benzene ring substituents is 1. The number of hydrogen-bond acceptors (Lipinski definition) is 6. The molecule has 2 aromatic rings. The molecule has 2 aromatic carbocycles. The smallest absolute Gasteiger partial charge is 0.269 e. The Morgan fingerprint density at radius 1 is 1.35 bits per heavy atom. The van der Waals surface area contributed by atoms with E-state index in [1.165, 1.54) is 36.4 Å². The van der Waals surface area contributed by atoms with Gasteiger partial charge in [-0.05, 0) is 18.2 Å². The van der Waals surface area contributed by atoms with Crippen LogP contribution >= 0.6 is 11.6 Å². The zero-order valence-corrected chi connectivity index (χ0v) is 13.9. The van der Waals surface area contributed by atoms with Gasteiger partial charge >= 0.3 is 0 Å². The van der Waals surface area contributed by atoms with E-state index in [1.54, 1.807) is 0 Å². The molecule has 0 saturated carbocycles. The molecule has 0 atom stereocenters. The molecule has 2 N–H and O–H groups in total. The largest absolute Gasteiger partial charge is 0.484 e. The van der Waals surface area contributed by atoms with Crippen molar-refractivity contribution in [3.05, 3.63) is 51.5 Å². The zero-order valence-electron chi connectivity index (χ0n) is 13.2. The van der Waals surface area contributed by atoms with Crippen LogP contribution in [0.15, 0.2) is 36.4 Å². The highest BCUT2D eigenvalue weighted by atomic mass is 35.5. The Labute approximate surface area is 152 Å². The summed E-state index contributed by atoms with van der Waals surface area (Å²) in [5.74, 6) is -0.0687. The van der Waals surface area contributed by atoms with Crippen molar-refractivity contribution in [3.8, 4) is 11.5 Å². The number of nitro groups is 1. The second kappa shape index (κ2) is 7.28. The lowest BCUT2D eigenvalue weighted by molar-refractivity contribution is -0.384. The number of amides is 2. The Balaban J connectivity index is 1.61. The molecular weight excluding hydrogens is 366 g/mol. The van der Waals surface area contributed by atoms with Crippen molar-refractivity contribution < 1.29 is 24.0 Å². The monoisotopic (exact) mass is 377 g/mol. The summed E-state index contributed by atoms with van der Waals surface area (Å²) >= 11 is 6.09. The van der Waals surface area contributed by atoms with Gasteiger partial charge in [-0.1, -0.05) is 11.6 Å². The van der Waals surface area contributed by atoms with Gasteiger partial charge in [0, 0.05) is 18.2 Å². The van der Waals surface area contributed by atoms with Crippen LogP contribution in [0.4, 0.5) is 17.1 Å². The molecule has 0 fully saturated rings. The second-order valence-electron chi connectivity index (χ2n) is 5.25. The number of rotatable bonds is 5. The molecule has 0 aromatic heterocycles. The van der Waals surface area contributed by atoms with E-state index < -0.39 is 10.8 Å². The maximum absolute atomic E-state index is 12.0. The Kier molecular flexibility index (Phi) is 4.90. The highest BCUT2D eigenvalue weighted by Crippen LogP contribution is 2.36. The van der Waals surface area contributed by atoms with Crippen molar-refractivity contribution in [2.45, 2.75) is 0 Å². The number of hydrogen-bond donors (Lipinski definition) is 2. The van der Waals surface area contributed by atoms with Gasteiger partial charge in [-0.15, -0.1) is 0 Å². The minimum Gasteiger partial charge on any atom is -0.484 e. The Hall–Kier alpha value is -3.33. The maximum atomic E-state index is 12.0. The van der Waals surface area contributed by atoms with Crippen LogP contribution in [0.5, 0.6) is 11.5 Å². The van der Waals surface area contributed by atoms with Crippen LogP contribution in [-0.2, 0) is 9.59 Å². The van der Waals surface area contributed by atoms with Crippen molar-refractivity contribution in [1.29, 1.82) is 0 Å². The van der Waals surface area contributed by atoms with Crippen LogP contribution in [0.3, 0.4) is 0 Å². The van der Waals surface area contributed by atoms with E-state index in [2.05, 4.69) is 10.6 Å². The highest BCUT2D eigenvalue weighted by molar-refractivity contribution is 6.34. The molecular formula is C16H12ClN3O6. The lowest BCUT2D eigenvalue weighted by Crippen LogP contribution is -2.26. The number of halogens is 1. The van der Waals surface area contributed by atoms with Gasteiger partial charge in [-0.3, -0.25) is 19.7 Å². The summed E-state index contributed by atoms with van der Waals surface area (Å²) in [6, 6.07) is 8.32. The summed E-state index contributed by atoms with van der Waals surface area (Å²) < 4.78 is 10.5. The lowest BCUT2D eigenvalue weighted by atomic mass is 10.2. The molecule has 1 heterocycles. The third-order valence-electron chi connectivity index (χ3n) is 3.39. The van der Waals surface area contributed by atoms with Crippen LogP contribution in [0, 0.1) is 10.1 Å². The summed E-state index contributed by atoms with van der Waals surface area (Å²) in [7, 11) is 0. The number of carbonyl (C=O) groups is 2. The third-order valence-corrected chi connectivity index (χ3v) is 3.71. The molecule has 26 heavy (non-hydrogen) atoms. The second-order valence-corrected chi connectivity index (χ2v) is 5.66. The van der Waals surface area contributed by atoms with Crippen molar-refractivity contribution >= 4 is 40.5 Å². The molecule has 3 rings (SSSR count). The van der Waals surface area contributed by atoms with Crippen LogP contribution in [-0.4, -0.2) is 30.0 Å². The normalized spacial score (nSPS) is 12.4. The number of benzene rings is 2. The van der Waals surface area contributed by atoms with E-state index in [1.807, 2.05) is 0 Å². The van der Waals surface area contributed by atoms with Gasteiger partial charge < -0.3 is 20.1 Å². The number of ether oxygens (including phenoxy) is 2. The van der Waals surface area contributed by atoms with Gasteiger partial charge in [-0.2, -0.15) is 0 Å². The summed E-state index contributed by atoms with van der Waals surface area (Å²) in [5.41, 5.74) is 0.653. The van der Waals surface area contributed by atoms with Crippen LogP contribution in [0.2, 0.25) is 5.02 Å². The molecule has 2 amide bonds. The first-order valence-corrected chi connectivity index (χ1v) is 7.73. The fraction of sp³-hybridized carbons (Fsp3) is 0.125. The number of nitrogens with one attached hydrogen (secondary N) is 2. The third kappa shape index (κ3) is 4.01. The number of non-ortho nitro benzene ring substituents is 1. The fourth-order valence-corrected chi connectivity index (χ4v) is 2.41. The van der Waals surface area contributed by atoms with Crippen molar-refractivity contribution in [1.82, 2.24) is 0 Å². The number of anilines is 2. The van der Waals surface area contributed by atoms with Gasteiger partial charge in [-0.25, -0.2) is 0 Å². The minimum atomic E-state index is -0.529. The Morgan fingerprint density at radius 3 is 2.77 bits per heavy atom. The first-order valence-electron chi connectivity index (χ1n) is 7.35. The highest BCUT2D eigenvalue weighted by Gasteiger charge is 2.19. The van der Waals surface area contributed by atoms with Gasteiger partial charge in [0.15, 0.2) is 13.2 Å². The molecule has 10 heteroatoms. The van der Waals surface area contributed by atoms with E-state index >= 15 is 0 Å². The van der Waals surface area contributed by atoms with Crippen molar-refractivity contribution in [3.63, 3.8) is 0 Å².